The Morgan fingerprint density at radius 3 is 2.40 bits per heavy atom. The Morgan fingerprint density at radius 1 is 1.12 bits per heavy atom. The van der Waals surface area contributed by atoms with Gasteiger partial charge in [0.15, 0.2) is 23.6 Å². The van der Waals surface area contributed by atoms with Crippen LogP contribution < -0.4 is 5.69 Å². The molecule has 1 N–H and O–H groups in total. The van der Waals surface area contributed by atoms with Gasteiger partial charge in [-0.2, -0.15) is 17.9 Å². The van der Waals surface area contributed by atoms with Crippen molar-refractivity contribution in [2.75, 3.05) is 7.11 Å². The Hall–Kier alpha value is -4.25. The second-order valence-corrected chi connectivity index (χ2v) is 8.40. The number of halogens is 7. The second kappa shape index (κ2) is 11.1. The summed E-state index contributed by atoms with van der Waals surface area (Å²) in [6, 6.07) is 6.98. The maximum Gasteiger partial charge on any atom is 0.420 e. The van der Waals surface area contributed by atoms with E-state index >= 15 is 0 Å². The molecule has 18 heteroatoms. The van der Waals surface area contributed by atoms with Gasteiger partial charge in [0.2, 0.25) is 12.1 Å². The third kappa shape index (κ3) is 5.55. The van der Waals surface area contributed by atoms with Crippen LogP contribution in [0.3, 0.4) is 0 Å². The van der Waals surface area contributed by atoms with Gasteiger partial charge in [0, 0.05) is 16.8 Å². The van der Waals surface area contributed by atoms with Gasteiger partial charge >= 0.3 is 17.8 Å². The Kier molecular flexibility index (Phi) is 7.97. The SMILES string of the molecule is COC(=O)c1nc(Cn2nc(-c3ccc(Cl)cc3)n(C(F)[C@H](O)C(F)F)c2=O)nn1-c1ncccc1C(F)(F)F. The van der Waals surface area contributed by atoms with Gasteiger partial charge < -0.3 is 9.84 Å². The minimum Gasteiger partial charge on any atom is -0.463 e. The number of esters is 1. The van der Waals surface area contributed by atoms with Crippen LogP contribution in [0.4, 0.5) is 26.3 Å². The topological polar surface area (TPSA) is 130 Å². The zero-order valence-electron chi connectivity index (χ0n) is 19.9. The molecule has 0 bridgehead atoms. The van der Waals surface area contributed by atoms with Gasteiger partial charge in [-0.1, -0.05) is 11.6 Å². The molecule has 0 saturated carbocycles. The Labute approximate surface area is 224 Å². The van der Waals surface area contributed by atoms with Crippen LogP contribution in [-0.4, -0.2) is 64.8 Å². The number of aliphatic hydroxyl groups excluding tert-OH is 1. The molecule has 4 rings (SSSR count). The van der Waals surface area contributed by atoms with E-state index in [1.807, 2.05) is 0 Å². The molecule has 212 valence electrons. The minimum absolute atomic E-state index is 0.0430. The van der Waals surface area contributed by atoms with Crippen LogP contribution >= 0.6 is 11.6 Å². The van der Waals surface area contributed by atoms with Crippen molar-refractivity contribution in [2.45, 2.75) is 31.5 Å². The summed E-state index contributed by atoms with van der Waals surface area (Å²) < 4.78 is 87.6. The smallest absolute Gasteiger partial charge is 0.420 e. The number of alkyl halides is 6. The van der Waals surface area contributed by atoms with Gasteiger partial charge in [-0.15, -0.1) is 10.2 Å². The van der Waals surface area contributed by atoms with Crippen LogP contribution in [0.5, 0.6) is 0 Å². The van der Waals surface area contributed by atoms with E-state index in [0.29, 0.717) is 15.4 Å². The van der Waals surface area contributed by atoms with Gasteiger partial charge in [-0.3, -0.25) is 0 Å². The molecular weight excluding hydrogens is 576 g/mol. The number of carbonyl (C=O) groups is 1. The maximum atomic E-state index is 15.0. The lowest BCUT2D eigenvalue weighted by atomic mass is 10.2. The van der Waals surface area contributed by atoms with E-state index in [1.54, 1.807) is 0 Å². The molecule has 1 unspecified atom stereocenters. The highest BCUT2D eigenvalue weighted by Crippen LogP contribution is 2.33. The van der Waals surface area contributed by atoms with E-state index < -0.39 is 72.1 Å². The van der Waals surface area contributed by atoms with E-state index in [0.717, 1.165) is 19.4 Å². The normalized spacial score (nSPS) is 13.4. The van der Waals surface area contributed by atoms with Crippen molar-refractivity contribution in [3.05, 3.63) is 75.3 Å². The highest BCUT2D eigenvalue weighted by Gasteiger charge is 2.37. The number of hydrogen-bond acceptors (Lipinski definition) is 8. The molecular formula is C22H16ClF6N7O4. The number of aliphatic hydroxyl groups is 1. The molecule has 11 nitrogen and oxygen atoms in total. The van der Waals surface area contributed by atoms with Crippen molar-refractivity contribution < 1.29 is 41.0 Å². The largest absolute Gasteiger partial charge is 0.463 e. The second-order valence-electron chi connectivity index (χ2n) is 7.97. The third-order valence-corrected chi connectivity index (χ3v) is 5.61. The maximum absolute atomic E-state index is 15.0. The standard InChI is InChI=1S/C22H16ClF6N7O4/c1-40-20(38)19-31-13(32-36(19)18-12(22(27,28)29)3-2-8-30-18)9-34-21(39)35(16(26)14(37)15(24)25)17(33-34)10-4-6-11(23)7-5-10/h2-8,14-16,37H,9H2,1H3/t14-,16?/m1/s1. The zero-order valence-corrected chi connectivity index (χ0v) is 20.7. The molecule has 0 radical (unpaired) electrons. The first kappa shape index (κ1) is 28.8. The molecule has 1 aromatic carbocycles. The predicted octanol–water partition coefficient (Wildman–Crippen LogP) is 3.29. The molecule has 40 heavy (non-hydrogen) atoms. The van der Waals surface area contributed by atoms with Crippen LogP contribution in [-0.2, 0) is 17.5 Å². The molecule has 0 aliphatic rings. The van der Waals surface area contributed by atoms with Crippen LogP contribution in [0.15, 0.2) is 47.4 Å². The fourth-order valence-corrected chi connectivity index (χ4v) is 3.65. The van der Waals surface area contributed by atoms with E-state index in [1.165, 1.54) is 24.3 Å². The third-order valence-electron chi connectivity index (χ3n) is 5.36. The van der Waals surface area contributed by atoms with Crippen LogP contribution in [0, 0.1) is 0 Å². The molecule has 0 fully saturated rings. The lowest BCUT2D eigenvalue weighted by Gasteiger charge is -2.16. The molecule has 0 spiro atoms. The van der Waals surface area contributed by atoms with E-state index in [9.17, 15) is 41.0 Å². The molecule has 4 aromatic rings. The van der Waals surface area contributed by atoms with Crippen LogP contribution in [0.2, 0.25) is 5.02 Å². The van der Waals surface area contributed by atoms with Gasteiger partial charge in [0.1, 0.15) is 12.1 Å². The predicted molar refractivity (Wildman–Crippen MR) is 124 cm³/mol. The van der Waals surface area contributed by atoms with Crippen LogP contribution in [0.1, 0.15) is 28.3 Å². The number of nitrogens with zero attached hydrogens (tertiary/aromatic N) is 7. The summed E-state index contributed by atoms with van der Waals surface area (Å²) in [5.41, 5.74) is -2.58. The zero-order chi connectivity index (χ0) is 29.4. The first-order chi connectivity index (χ1) is 18.8. The van der Waals surface area contributed by atoms with Crippen molar-refractivity contribution in [3.63, 3.8) is 0 Å². The van der Waals surface area contributed by atoms with Crippen molar-refractivity contribution in [3.8, 4) is 17.2 Å². The number of carbonyl (C=O) groups excluding carboxylic acids is 1. The van der Waals surface area contributed by atoms with Gasteiger partial charge in [-0.25, -0.2) is 42.0 Å². The Morgan fingerprint density at radius 2 is 1.80 bits per heavy atom. The molecule has 0 amide bonds. The number of aromatic nitrogens is 7. The monoisotopic (exact) mass is 591 g/mol. The molecule has 2 atom stereocenters. The first-order valence-corrected chi connectivity index (χ1v) is 11.3. The lowest BCUT2D eigenvalue weighted by molar-refractivity contribution is -0.137. The van der Waals surface area contributed by atoms with E-state index in [-0.39, 0.29) is 15.2 Å². The molecule has 3 aromatic heterocycles. The van der Waals surface area contributed by atoms with Crippen LogP contribution in [0.25, 0.3) is 17.2 Å². The van der Waals surface area contributed by atoms with Crippen molar-refractivity contribution in [1.82, 2.24) is 34.1 Å². The average Bonchev–Trinajstić information content (AvgIpc) is 3.48. The van der Waals surface area contributed by atoms with E-state index in [2.05, 4.69) is 24.9 Å². The number of rotatable bonds is 8. The number of hydrogen-bond donors (Lipinski definition) is 1. The van der Waals surface area contributed by atoms with Crippen molar-refractivity contribution in [1.29, 1.82) is 0 Å². The molecule has 0 aliphatic heterocycles. The summed E-state index contributed by atoms with van der Waals surface area (Å²) in [6.07, 6.45) is -13.3. The number of benzene rings is 1. The van der Waals surface area contributed by atoms with Gasteiger partial charge in [0.05, 0.1) is 7.11 Å². The summed E-state index contributed by atoms with van der Waals surface area (Å²) in [5, 5.41) is 17.6. The van der Waals surface area contributed by atoms with Gasteiger partial charge in [0.25, 0.3) is 6.43 Å². The minimum atomic E-state index is -4.91. The fraction of sp³-hybridized carbons (Fsp3) is 0.273. The summed E-state index contributed by atoms with van der Waals surface area (Å²) in [5.74, 6) is -3.76. The van der Waals surface area contributed by atoms with E-state index in [4.69, 9.17) is 11.6 Å². The quantitative estimate of drug-likeness (QED) is 0.244. The van der Waals surface area contributed by atoms with Crippen molar-refractivity contribution in [2.24, 2.45) is 0 Å². The first-order valence-electron chi connectivity index (χ1n) is 11.0. The van der Waals surface area contributed by atoms with Crippen molar-refractivity contribution >= 4 is 17.6 Å². The Bertz CT molecular complexity index is 1590. The molecule has 3 heterocycles. The number of ether oxygens (including phenoxy) is 1. The summed E-state index contributed by atoms with van der Waals surface area (Å²) in [7, 11) is 0.935. The Balaban J connectivity index is 1.85. The lowest BCUT2D eigenvalue weighted by Crippen LogP contribution is -2.35. The summed E-state index contributed by atoms with van der Waals surface area (Å²) >= 11 is 5.84. The highest BCUT2D eigenvalue weighted by atomic mass is 35.5. The average molecular weight is 592 g/mol. The highest BCUT2D eigenvalue weighted by molar-refractivity contribution is 6.30. The molecule has 0 saturated heterocycles. The summed E-state index contributed by atoms with van der Waals surface area (Å²) in [6.45, 7) is -0.769. The fourth-order valence-electron chi connectivity index (χ4n) is 3.53. The summed E-state index contributed by atoms with van der Waals surface area (Å²) in [4.78, 5) is 32.8. The number of methoxy groups -OCH3 is 1. The molecule has 0 aliphatic carbocycles. The van der Waals surface area contributed by atoms with Gasteiger partial charge in [-0.05, 0) is 36.4 Å². The number of pyridine rings is 1.